The second-order valence-corrected chi connectivity index (χ2v) is 6.00. The number of aryl methyl sites for hydroxylation is 1. The van der Waals surface area contributed by atoms with E-state index in [1.165, 1.54) is 18.4 Å². The van der Waals surface area contributed by atoms with E-state index in [1.807, 2.05) is 7.05 Å². The first-order valence-electron chi connectivity index (χ1n) is 8.33. The van der Waals surface area contributed by atoms with Gasteiger partial charge in [-0.05, 0) is 37.2 Å². The van der Waals surface area contributed by atoms with Gasteiger partial charge in [-0.2, -0.15) is 0 Å². The molecule has 1 aliphatic carbocycles. The van der Waals surface area contributed by atoms with Gasteiger partial charge in [0.2, 0.25) is 0 Å². The zero-order chi connectivity index (χ0) is 15.6. The molecule has 0 radical (unpaired) electrons. The summed E-state index contributed by atoms with van der Waals surface area (Å²) in [5, 5.41) is 3.42. The minimum absolute atomic E-state index is 0.776. The number of aliphatic imine (C=N–C) groups is 1. The number of rotatable bonds is 9. The second-order valence-electron chi connectivity index (χ2n) is 6.00. The monoisotopic (exact) mass is 303 g/mol. The van der Waals surface area contributed by atoms with E-state index in [1.54, 1.807) is 0 Å². The molecule has 0 atom stereocenters. The van der Waals surface area contributed by atoms with E-state index < -0.39 is 0 Å². The van der Waals surface area contributed by atoms with Crippen LogP contribution in [0.4, 0.5) is 0 Å². The number of ether oxygens (including phenoxy) is 1. The van der Waals surface area contributed by atoms with Crippen molar-refractivity contribution in [3.8, 4) is 0 Å². The third kappa shape index (κ3) is 6.48. The van der Waals surface area contributed by atoms with Crippen LogP contribution < -0.4 is 5.32 Å². The van der Waals surface area contributed by atoms with Gasteiger partial charge in [0, 0.05) is 33.8 Å². The van der Waals surface area contributed by atoms with Crippen LogP contribution in [-0.2, 0) is 11.2 Å². The maximum absolute atomic E-state index is 5.68. The summed E-state index contributed by atoms with van der Waals surface area (Å²) in [6, 6.07) is 10.6. The summed E-state index contributed by atoms with van der Waals surface area (Å²) >= 11 is 0. The van der Waals surface area contributed by atoms with Gasteiger partial charge in [-0.15, -0.1) is 0 Å². The molecular formula is C18H29N3O. The fourth-order valence-electron chi connectivity index (χ4n) is 2.36. The van der Waals surface area contributed by atoms with Crippen molar-refractivity contribution >= 4 is 5.96 Å². The zero-order valence-electron chi connectivity index (χ0n) is 13.9. The molecule has 0 spiro atoms. The molecule has 4 nitrogen and oxygen atoms in total. The maximum atomic E-state index is 5.68. The van der Waals surface area contributed by atoms with Crippen LogP contribution in [0.1, 0.15) is 24.8 Å². The van der Waals surface area contributed by atoms with Crippen LogP contribution in [0.3, 0.4) is 0 Å². The third-order valence-electron chi connectivity index (χ3n) is 3.96. The highest BCUT2D eigenvalue weighted by molar-refractivity contribution is 5.79. The molecule has 22 heavy (non-hydrogen) atoms. The van der Waals surface area contributed by atoms with Gasteiger partial charge in [0.25, 0.3) is 0 Å². The number of nitrogens with zero attached hydrogens (tertiary/aromatic N) is 2. The summed E-state index contributed by atoms with van der Waals surface area (Å²) in [5.41, 5.74) is 1.39. The van der Waals surface area contributed by atoms with Crippen LogP contribution >= 0.6 is 0 Å². The van der Waals surface area contributed by atoms with Crippen LogP contribution in [0.2, 0.25) is 0 Å². The first-order chi connectivity index (χ1) is 10.8. The van der Waals surface area contributed by atoms with Gasteiger partial charge in [-0.3, -0.25) is 4.99 Å². The van der Waals surface area contributed by atoms with E-state index >= 15 is 0 Å². The number of nitrogens with one attached hydrogen (secondary N) is 1. The van der Waals surface area contributed by atoms with E-state index in [-0.39, 0.29) is 0 Å². The van der Waals surface area contributed by atoms with Crippen molar-refractivity contribution < 1.29 is 4.74 Å². The largest absolute Gasteiger partial charge is 0.379 e. The van der Waals surface area contributed by atoms with Crippen molar-refractivity contribution in [2.24, 2.45) is 10.9 Å². The van der Waals surface area contributed by atoms with Crippen molar-refractivity contribution in [2.45, 2.75) is 25.7 Å². The molecule has 4 heteroatoms. The third-order valence-corrected chi connectivity index (χ3v) is 3.96. The van der Waals surface area contributed by atoms with Gasteiger partial charge in [0.15, 0.2) is 5.96 Å². The van der Waals surface area contributed by atoms with E-state index in [0.29, 0.717) is 0 Å². The molecular weight excluding hydrogens is 274 g/mol. The minimum Gasteiger partial charge on any atom is -0.379 e. The molecule has 1 saturated carbocycles. The Morgan fingerprint density at radius 3 is 2.77 bits per heavy atom. The van der Waals surface area contributed by atoms with Crippen LogP contribution in [0.15, 0.2) is 35.3 Å². The number of likely N-dealkylation sites (N-methyl/N-ethyl adjacent to an activating group) is 1. The van der Waals surface area contributed by atoms with Crippen molar-refractivity contribution in [3.63, 3.8) is 0 Å². The molecule has 1 fully saturated rings. The first kappa shape index (κ1) is 16.8. The van der Waals surface area contributed by atoms with Crippen molar-refractivity contribution in [1.29, 1.82) is 0 Å². The molecule has 122 valence electrons. The molecule has 0 heterocycles. The summed E-state index contributed by atoms with van der Waals surface area (Å²) in [7, 11) is 3.90. The van der Waals surface area contributed by atoms with Gasteiger partial charge in [-0.1, -0.05) is 30.3 Å². The summed E-state index contributed by atoms with van der Waals surface area (Å²) in [6.07, 6.45) is 4.90. The molecule has 1 aromatic rings. The topological polar surface area (TPSA) is 36.9 Å². The van der Waals surface area contributed by atoms with Crippen LogP contribution in [0.25, 0.3) is 0 Å². The lowest BCUT2D eigenvalue weighted by molar-refractivity contribution is 0.115. The Morgan fingerprint density at radius 2 is 2.09 bits per heavy atom. The average Bonchev–Trinajstić information content (AvgIpc) is 3.37. The van der Waals surface area contributed by atoms with Gasteiger partial charge in [-0.25, -0.2) is 0 Å². The number of hydrogen-bond donors (Lipinski definition) is 1. The Hall–Kier alpha value is -1.55. The van der Waals surface area contributed by atoms with Crippen molar-refractivity contribution in [1.82, 2.24) is 10.2 Å². The Kier molecular flexibility index (Phi) is 7.23. The molecule has 0 aromatic heterocycles. The van der Waals surface area contributed by atoms with Crippen molar-refractivity contribution in [3.05, 3.63) is 35.9 Å². The summed E-state index contributed by atoms with van der Waals surface area (Å²) in [4.78, 5) is 6.47. The Balaban J connectivity index is 1.57. The summed E-state index contributed by atoms with van der Waals surface area (Å²) in [5.74, 6) is 1.78. The summed E-state index contributed by atoms with van der Waals surface area (Å²) in [6.45, 7) is 3.52. The smallest absolute Gasteiger partial charge is 0.193 e. The average molecular weight is 303 g/mol. The molecule has 0 bridgehead atoms. The second kappa shape index (κ2) is 9.46. The lowest BCUT2D eigenvalue weighted by Gasteiger charge is -2.22. The van der Waals surface area contributed by atoms with Crippen LogP contribution in [0.5, 0.6) is 0 Å². The number of guanidine groups is 1. The molecule has 1 aliphatic rings. The zero-order valence-corrected chi connectivity index (χ0v) is 13.9. The van der Waals surface area contributed by atoms with E-state index in [9.17, 15) is 0 Å². The molecule has 0 amide bonds. The summed E-state index contributed by atoms with van der Waals surface area (Å²) < 4.78 is 5.68. The van der Waals surface area contributed by atoms with Gasteiger partial charge in [0.05, 0.1) is 6.61 Å². The van der Waals surface area contributed by atoms with Crippen LogP contribution in [-0.4, -0.2) is 51.3 Å². The van der Waals surface area contributed by atoms with Gasteiger partial charge in [0.1, 0.15) is 0 Å². The predicted octanol–water partition coefficient (Wildman–Crippen LogP) is 2.55. The highest BCUT2D eigenvalue weighted by Gasteiger charge is 2.21. The van der Waals surface area contributed by atoms with Gasteiger partial charge >= 0.3 is 0 Å². The number of benzene rings is 1. The van der Waals surface area contributed by atoms with E-state index in [0.717, 1.165) is 51.0 Å². The van der Waals surface area contributed by atoms with Crippen LogP contribution in [0, 0.1) is 5.92 Å². The predicted molar refractivity (Wildman–Crippen MR) is 92.3 cm³/mol. The Morgan fingerprint density at radius 1 is 1.32 bits per heavy atom. The van der Waals surface area contributed by atoms with Gasteiger partial charge < -0.3 is 15.0 Å². The fourth-order valence-corrected chi connectivity index (χ4v) is 2.36. The molecule has 2 rings (SSSR count). The molecule has 0 aliphatic heterocycles. The highest BCUT2D eigenvalue weighted by Crippen LogP contribution is 2.28. The Labute approximate surface area is 134 Å². The SMILES string of the molecule is CN=C(NCCCc1ccccc1)N(C)CCOCC1CC1. The lowest BCUT2D eigenvalue weighted by Crippen LogP contribution is -2.41. The quantitative estimate of drug-likeness (QED) is 0.433. The maximum Gasteiger partial charge on any atom is 0.193 e. The molecule has 0 unspecified atom stereocenters. The molecule has 0 saturated heterocycles. The minimum atomic E-state index is 0.776. The highest BCUT2D eigenvalue weighted by atomic mass is 16.5. The lowest BCUT2D eigenvalue weighted by atomic mass is 10.1. The first-order valence-corrected chi connectivity index (χ1v) is 8.33. The standard InChI is InChI=1S/C18H29N3O/c1-19-18(21(2)13-14-22-15-17-10-11-17)20-12-6-9-16-7-4-3-5-8-16/h3-5,7-8,17H,6,9-15H2,1-2H3,(H,19,20). The van der Waals surface area contributed by atoms with E-state index in [2.05, 4.69) is 52.6 Å². The Bertz CT molecular complexity index is 443. The fraction of sp³-hybridized carbons (Fsp3) is 0.611. The van der Waals surface area contributed by atoms with E-state index in [4.69, 9.17) is 4.74 Å². The molecule has 1 N–H and O–H groups in total. The van der Waals surface area contributed by atoms with Crippen molar-refractivity contribution in [2.75, 3.05) is 40.4 Å². The molecule has 1 aromatic carbocycles. The normalized spacial score (nSPS) is 14.9. The number of hydrogen-bond acceptors (Lipinski definition) is 2.